The van der Waals surface area contributed by atoms with Crippen molar-refractivity contribution in [3.63, 3.8) is 0 Å². The van der Waals surface area contributed by atoms with Crippen LogP contribution in [0.3, 0.4) is 0 Å². The van der Waals surface area contributed by atoms with Crippen molar-refractivity contribution in [2.75, 3.05) is 18.7 Å². The van der Waals surface area contributed by atoms with E-state index in [1.165, 1.54) is 11.8 Å². The van der Waals surface area contributed by atoms with Gasteiger partial charge in [0.15, 0.2) is 11.5 Å². The molecule has 6 nitrogen and oxygen atoms in total. The summed E-state index contributed by atoms with van der Waals surface area (Å²) in [5.41, 5.74) is 2.73. The minimum absolute atomic E-state index is 0.0121. The summed E-state index contributed by atoms with van der Waals surface area (Å²) in [5, 5.41) is 2.90. The van der Waals surface area contributed by atoms with E-state index in [0.29, 0.717) is 18.0 Å². The number of hydrogen-bond donors (Lipinski definition) is 1. The highest BCUT2D eigenvalue weighted by atomic mass is 16.7. The fraction of sp³-hybridized carbons (Fsp3) is 0.300. The third-order valence-electron chi connectivity index (χ3n) is 4.26. The van der Waals surface area contributed by atoms with Crippen LogP contribution in [0.15, 0.2) is 42.5 Å². The van der Waals surface area contributed by atoms with E-state index >= 15 is 0 Å². The molecule has 0 radical (unpaired) electrons. The SMILES string of the molecule is CCc1ccccc1NC(=O)CN(Cc1ccc2c(c1)OCO2)C(C)=O. The maximum Gasteiger partial charge on any atom is 0.244 e. The van der Waals surface area contributed by atoms with Crippen molar-refractivity contribution in [3.8, 4) is 11.5 Å². The van der Waals surface area contributed by atoms with Crippen LogP contribution in [0, 0.1) is 0 Å². The second kappa shape index (κ2) is 7.91. The average molecular weight is 354 g/mol. The van der Waals surface area contributed by atoms with Gasteiger partial charge in [-0.15, -0.1) is 0 Å². The molecule has 0 atom stereocenters. The topological polar surface area (TPSA) is 67.9 Å². The van der Waals surface area contributed by atoms with Crippen LogP contribution in [0.1, 0.15) is 25.0 Å². The van der Waals surface area contributed by atoms with Gasteiger partial charge in [0, 0.05) is 19.2 Å². The predicted octanol–water partition coefficient (Wildman–Crippen LogP) is 2.96. The van der Waals surface area contributed by atoms with Gasteiger partial charge in [0.1, 0.15) is 6.54 Å². The van der Waals surface area contributed by atoms with Gasteiger partial charge in [-0.1, -0.05) is 31.2 Å². The Hall–Kier alpha value is -3.02. The second-order valence-corrected chi connectivity index (χ2v) is 6.12. The number of carbonyl (C=O) groups excluding carboxylic acids is 2. The molecule has 6 heteroatoms. The quantitative estimate of drug-likeness (QED) is 0.866. The Bertz CT molecular complexity index is 819. The van der Waals surface area contributed by atoms with E-state index < -0.39 is 0 Å². The molecule has 1 N–H and O–H groups in total. The fourth-order valence-electron chi connectivity index (χ4n) is 2.85. The van der Waals surface area contributed by atoms with E-state index in [0.717, 1.165) is 23.2 Å². The number of para-hydroxylation sites is 1. The van der Waals surface area contributed by atoms with Crippen LogP contribution in [-0.4, -0.2) is 30.1 Å². The lowest BCUT2D eigenvalue weighted by atomic mass is 10.1. The molecule has 1 aliphatic heterocycles. The lowest BCUT2D eigenvalue weighted by molar-refractivity contribution is -0.133. The monoisotopic (exact) mass is 354 g/mol. The minimum Gasteiger partial charge on any atom is -0.454 e. The summed E-state index contributed by atoms with van der Waals surface area (Å²) in [4.78, 5) is 25.9. The summed E-state index contributed by atoms with van der Waals surface area (Å²) in [7, 11) is 0. The molecule has 0 aromatic heterocycles. The molecule has 0 saturated carbocycles. The number of aryl methyl sites for hydroxylation is 1. The van der Waals surface area contributed by atoms with Crippen LogP contribution < -0.4 is 14.8 Å². The van der Waals surface area contributed by atoms with Crippen LogP contribution >= 0.6 is 0 Å². The number of anilines is 1. The summed E-state index contributed by atoms with van der Waals surface area (Å²) in [6.07, 6.45) is 0.823. The van der Waals surface area contributed by atoms with Crippen molar-refractivity contribution < 1.29 is 19.1 Å². The van der Waals surface area contributed by atoms with Gasteiger partial charge in [0.2, 0.25) is 18.6 Å². The number of amides is 2. The molecule has 136 valence electrons. The smallest absolute Gasteiger partial charge is 0.244 e. The molecule has 0 unspecified atom stereocenters. The summed E-state index contributed by atoms with van der Waals surface area (Å²) in [6, 6.07) is 13.2. The van der Waals surface area contributed by atoms with Gasteiger partial charge in [-0.25, -0.2) is 0 Å². The number of carbonyl (C=O) groups is 2. The van der Waals surface area contributed by atoms with Crippen LogP contribution in [-0.2, 0) is 22.6 Å². The van der Waals surface area contributed by atoms with E-state index in [2.05, 4.69) is 5.32 Å². The first kappa shape index (κ1) is 17.8. The zero-order valence-electron chi connectivity index (χ0n) is 15.0. The van der Waals surface area contributed by atoms with Crippen molar-refractivity contribution in [2.45, 2.75) is 26.8 Å². The van der Waals surface area contributed by atoms with Gasteiger partial charge in [-0.3, -0.25) is 9.59 Å². The first-order valence-electron chi connectivity index (χ1n) is 8.58. The van der Waals surface area contributed by atoms with Crippen molar-refractivity contribution in [3.05, 3.63) is 53.6 Å². The largest absolute Gasteiger partial charge is 0.454 e. The Balaban J connectivity index is 1.66. The molecule has 0 bridgehead atoms. The lowest BCUT2D eigenvalue weighted by Gasteiger charge is -2.21. The van der Waals surface area contributed by atoms with E-state index in [9.17, 15) is 9.59 Å². The number of benzene rings is 2. The molecule has 0 fully saturated rings. The molecule has 0 spiro atoms. The van der Waals surface area contributed by atoms with Gasteiger partial charge < -0.3 is 19.7 Å². The first-order valence-corrected chi connectivity index (χ1v) is 8.58. The van der Waals surface area contributed by atoms with Crippen molar-refractivity contribution >= 4 is 17.5 Å². The Labute approximate surface area is 152 Å². The lowest BCUT2D eigenvalue weighted by Crippen LogP contribution is -2.36. The highest BCUT2D eigenvalue weighted by Crippen LogP contribution is 2.32. The van der Waals surface area contributed by atoms with Gasteiger partial charge in [-0.2, -0.15) is 0 Å². The van der Waals surface area contributed by atoms with E-state index in [-0.39, 0.29) is 25.2 Å². The third-order valence-corrected chi connectivity index (χ3v) is 4.26. The van der Waals surface area contributed by atoms with E-state index in [1.54, 1.807) is 0 Å². The van der Waals surface area contributed by atoms with Crippen LogP contribution in [0.5, 0.6) is 11.5 Å². The highest BCUT2D eigenvalue weighted by Gasteiger charge is 2.18. The zero-order valence-corrected chi connectivity index (χ0v) is 15.0. The molecular formula is C20H22N2O4. The summed E-state index contributed by atoms with van der Waals surface area (Å²) in [6.45, 7) is 4.01. The molecule has 2 aromatic rings. The molecular weight excluding hydrogens is 332 g/mol. The van der Waals surface area contributed by atoms with Gasteiger partial charge >= 0.3 is 0 Å². The average Bonchev–Trinajstić information content (AvgIpc) is 3.09. The molecule has 1 aliphatic rings. The number of ether oxygens (including phenoxy) is 2. The van der Waals surface area contributed by atoms with Gasteiger partial charge in [0.25, 0.3) is 0 Å². The number of nitrogens with one attached hydrogen (secondary N) is 1. The number of nitrogens with zero attached hydrogens (tertiary/aromatic N) is 1. The Morgan fingerprint density at radius 3 is 2.65 bits per heavy atom. The predicted molar refractivity (Wildman–Crippen MR) is 98.1 cm³/mol. The highest BCUT2D eigenvalue weighted by molar-refractivity contribution is 5.94. The molecule has 1 heterocycles. The standard InChI is InChI=1S/C20H22N2O4/c1-3-16-6-4-5-7-17(16)21-20(24)12-22(14(2)23)11-15-8-9-18-19(10-15)26-13-25-18/h4-10H,3,11-13H2,1-2H3,(H,21,24). The van der Waals surface area contributed by atoms with Gasteiger partial charge in [-0.05, 0) is 35.7 Å². The fourth-order valence-corrected chi connectivity index (χ4v) is 2.85. The Kier molecular flexibility index (Phi) is 5.41. The van der Waals surface area contributed by atoms with Crippen molar-refractivity contribution in [1.82, 2.24) is 4.90 Å². The van der Waals surface area contributed by atoms with Crippen LogP contribution in [0.25, 0.3) is 0 Å². The molecule has 26 heavy (non-hydrogen) atoms. The summed E-state index contributed by atoms with van der Waals surface area (Å²) in [5.74, 6) is 0.966. The molecule has 0 aliphatic carbocycles. The maximum absolute atomic E-state index is 12.4. The molecule has 2 amide bonds. The van der Waals surface area contributed by atoms with E-state index in [4.69, 9.17) is 9.47 Å². The third kappa shape index (κ3) is 4.14. The Morgan fingerprint density at radius 2 is 1.88 bits per heavy atom. The van der Waals surface area contributed by atoms with Crippen molar-refractivity contribution in [2.24, 2.45) is 0 Å². The van der Waals surface area contributed by atoms with Gasteiger partial charge in [0.05, 0.1) is 0 Å². The molecule has 2 aromatic carbocycles. The number of rotatable bonds is 6. The zero-order chi connectivity index (χ0) is 18.5. The number of fused-ring (bicyclic) bond motifs is 1. The number of hydrogen-bond acceptors (Lipinski definition) is 4. The van der Waals surface area contributed by atoms with Crippen LogP contribution in [0.2, 0.25) is 0 Å². The second-order valence-electron chi connectivity index (χ2n) is 6.12. The first-order chi connectivity index (χ1) is 12.6. The summed E-state index contributed by atoms with van der Waals surface area (Å²) < 4.78 is 10.7. The molecule has 3 rings (SSSR count). The summed E-state index contributed by atoms with van der Waals surface area (Å²) >= 11 is 0. The van der Waals surface area contributed by atoms with E-state index in [1.807, 2.05) is 49.4 Å². The van der Waals surface area contributed by atoms with Crippen molar-refractivity contribution in [1.29, 1.82) is 0 Å². The Morgan fingerprint density at radius 1 is 1.12 bits per heavy atom. The maximum atomic E-state index is 12.4. The normalized spacial score (nSPS) is 11.9. The van der Waals surface area contributed by atoms with Crippen LogP contribution in [0.4, 0.5) is 5.69 Å². The minimum atomic E-state index is -0.221. The molecule has 0 saturated heterocycles.